The second-order valence-electron chi connectivity index (χ2n) is 4.42. The molecule has 0 fully saturated rings. The summed E-state index contributed by atoms with van der Waals surface area (Å²) in [5.41, 5.74) is 3.00. The molecule has 0 aliphatic carbocycles. The van der Waals surface area contributed by atoms with Gasteiger partial charge in [-0.1, -0.05) is 19.1 Å². The maximum atomic E-state index is 11.8. The van der Waals surface area contributed by atoms with Crippen molar-refractivity contribution in [2.45, 2.75) is 20.3 Å². The molecule has 1 heterocycles. The molecule has 0 unspecified atom stereocenters. The Kier molecular flexibility index (Phi) is 3.85. The molecule has 0 bridgehead atoms. The van der Waals surface area contributed by atoms with Crippen molar-refractivity contribution in [2.24, 2.45) is 7.05 Å². The summed E-state index contributed by atoms with van der Waals surface area (Å²) < 4.78 is 1.71. The number of urea groups is 1. The summed E-state index contributed by atoms with van der Waals surface area (Å²) in [6.45, 7) is 4.03. The number of aryl methyl sites for hydroxylation is 3. The van der Waals surface area contributed by atoms with Crippen molar-refractivity contribution < 1.29 is 4.79 Å². The van der Waals surface area contributed by atoms with Gasteiger partial charge in [0.05, 0.1) is 0 Å². The smallest absolute Gasteiger partial charge is 0.308 e. The highest BCUT2D eigenvalue weighted by molar-refractivity contribution is 5.99. The first kappa shape index (κ1) is 13.1. The van der Waals surface area contributed by atoms with Gasteiger partial charge in [-0.3, -0.25) is 10.00 Å². The Morgan fingerprint density at radius 2 is 1.95 bits per heavy atom. The van der Waals surface area contributed by atoms with E-state index in [2.05, 4.69) is 22.7 Å². The highest BCUT2D eigenvalue weighted by Gasteiger charge is 2.06. The minimum atomic E-state index is -0.289. The van der Waals surface area contributed by atoms with Gasteiger partial charge in [0.1, 0.15) is 0 Å². The number of hydrogen-bond acceptors (Lipinski definition) is 2. The lowest BCUT2D eigenvalue weighted by Crippen LogP contribution is -2.19. The molecule has 2 rings (SSSR count). The van der Waals surface area contributed by atoms with E-state index in [1.54, 1.807) is 4.68 Å². The molecule has 0 saturated heterocycles. The summed E-state index contributed by atoms with van der Waals surface area (Å²) >= 11 is 0. The number of nitrogens with zero attached hydrogens (tertiary/aromatic N) is 2. The molecule has 2 amide bonds. The zero-order valence-corrected chi connectivity index (χ0v) is 11.4. The van der Waals surface area contributed by atoms with Gasteiger partial charge in [0.15, 0.2) is 5.82 Å². The van der Waals surface area contributed by atoms with Gasteiger partial charge in [-0.15, -0.1) is 0 Å². The van der Waals surface area contributed by atoms with Crippen LogP contribution in [0.4, 0.5) is 16.3 Å². The lowest BCUT2D eigenvalue weighted by atomic mass is 10.1. The third-order valence-corrected chi connectivity index (χ3v) is 2.98. The summed E-state index contributed by atoms with van der Waals surface area (Å²) in [5, 5.41) is 9.63. The number of rotatable bonds is 3. The van der Waals surface area contributed by atoms with Crippen molar-refractivity contribution >= 4 is 17.5 Å². The zero-order valence-electron chi connectivity index (χ0n) is 11.4. The Labute approximate surface area is 112 Å². The molecular formula is C14H18N4O. The van der Waals surface area contributed by atoms with Crippen molar-refractivity contribution in [2.75, 3.05) is 10.6 Å². The molecular weight excluding hydrogens is 240 g/mol. The zero-order chi connectivity index (χ0) is 13.8. The lowest BCUT2D eigenvalue weighted by Gasteiger charge is -2.06. The molecule has 5 heteroatoms. The van der Waals surface area contributed by atoms with Crippen LogP contribution in [-0.4, -0.2) is 15.8 Å². The van der Waals surface area contributed by atoms with E-state index in [4.69, 9.17) is 0 Å². The average molecular weight is 258 g/mol. The predicted octanol–water partition coefficient (Wildman–Crippen LogP) is 2.93. The highest BCUT2D eigenvalue weighted by atomic mass is 16.2. The Morgan fingerprint density at radius 1 is 1.26 bits per heavy atom. The monoisotopic (exact) mass is 258 g/mol. The van der Waals surface area contributed by atoms with Gasteiger partial charge >= 0.3 is 6.03 Å². The van der Waals surface area contributed by atoms with Crippen LogP contribution in [0.5, 0.6) is 0 Å². The van der Waals surface area contributed by atoms with E-state index in [0.29, 0.717) is 5.82 Å². The third-order valence-electron chi connectivity index (χ3n) is 2.98. The standard InChI is InChI=1S/C14H18N4O/c1-4-11-5-7-12(8-6-11)15-14(19)16-13-9-10(2)18(3)17-13/h5-9H,4H2,1-3H3,(H2,15,16,17,19). The van der Waals surface area contributed by atoms with E-state index in [-0.39, 0.29) is 6.03 Å². The van der Waals surface area contributed by atoms with E-state index >= 15 is 0 Å². The van der Waals surface area contributed by atoms with Gasteiger partial charge in [0, 0.05) is 24.5 Å². The van der Waals surface area contributed by atoms with E-state index in [1.807, 2.05) is 44.3 Å². The maximum absolute atomic E-state index is 11.8. The van der Waals surface area contributed by atoms with Crippen LogP contribution < -0.4 is 10.6 Å². The van der Waals surface area contributed by atoms with Crippen molar-refractivity contribution in [3.63, 3.8) is 0 Å². The summed E-state index contributed by atoms with van der Waals surface area (Å²) in [4.78, 5) is 11.8. The van der Waals surface area contributed by atoms with E-state index in [0.717, 1.165) is 17.8 Å². The fourth-order valence-corrected chi connectivity index (χ4v) is 1.72. The van der Waals surface area contributed by atoms with Crippen LogP contribution in [0.1, 0.15) is 18.2 Å². The fourth-order valence-electron chi connectivity index (χ4n) is 1.72. The Morgan fingerprint density at radius 3 is 2.47 bits per heavy atom. The highest BCUT2D eigenvalue weighted by Crippen LogP contribution is 2.11. The predicted molar refractivity (Wildman–Crippen MR) is 76.4 cm³/mol. The lowest BCUT2D eigenvalue weighted by molar-refractivity contribution is 0.262. The van der Waals surface area contributed by atoms with E-state index in [1.165, 1.54) is 5.56 Å². The Hall–Kier alpha value is -2.30. The van der Waals surface area contributed by atoms with Gasteiger partial charge in [-0.2, -0.15) is 5.10 Å². The second kappa shape index (κ2) is 5.56. The van der Waals surface area contributed by atoms with Crippen molar-refractivity contribution in [1.29, 1.82) is 0 Å². The number of benzene rings is 1. The number of carbonyl (C=O) groups excluding carboxylic acids is 1. The first-order chi connectivity index (χ1) is 9.08. The molecule has 19 heavy (non-hydrogen) atoms. The molecule has 0 aliphatic rings. The van der Waals surface area contributed by atoms with Crippen LogP contribution in [-0.2, 0) is 13.5 Å². The first-order valence-electron chi connectivity index (χ1n) is 6.26. The molecule has 2 aromatic rings. The molecule has 0 atom stereocenters. The van der Waals surface area contributed by atoms with Gasteiger partial charge in [-0.05, 0) is 31.0 Å². The van der Waals surface area contributed by atoms with Crippen LogP contribution in [0.15, 0.2) is 30.3 Å². The number of nitrogens with one attached hydrogen (secondary N) is 2. The molecule has 0 aliphatic heterocycles. The number of anilines is 2. The van der Waals surface area contributed by atoms with Crippen molar-refractivity contribution in [3.05, 3.63) is 41.6 Å². The van der Waals surface area contributed by atoms with Crippen molar-refractivity contribution in [3.8, 4) is 0 Å². The van der Waals surface area contributed by atoms with E-state index in [9.17, 15) is 4.79 Å². The Balaban J connectivity index is 1.96. The van der Waals surface area contributed by atoms with Crippen molar-refractivity contribution in [1.82, 2.24) is 9.78 Å². The van der Waals surface area contributed by atoms with Gasteiger partial charge in [0.25, 0.3) is 0 Å². The molecule has 1 aromatic carbocycles. The number of hydrogen-bond donors (Lipinski definition) is 2. The quantitative estimate of drug-likeness (QED) is 0.889. The molecule has 0 saturated carbocycles. The first-order valence-corrected chi connectivity index (χ1v) is 6.26. The maximum Gasteiger partial charge on any atom is 0.324 e. The minimum Gasteiger partial charge on any atom is -0.308 e. The third kappa shape index (κ3) is 3.34. The van der Waals surface area contributed by atoms with E-state index < -0.39 is 0 Å². The fraction of sp³-hybridized carbons (Fsp3) is 0.286. The van der Waals surface area contributed by atoms with Gasteiger partial charge in [0.2, 0.25) is 0 Å². The molecule has 1 aromatic heterocycles. The Bertz CT molecular complexity index is 552. The van der Waals surface area contributed by atoms with Crippen LogP contribution in [0.2, 0.25) is 0 Å². The molecule has 0 spiro atoms. The number of amides is 2. The van der Waals surface area contributed by atoms with Crippen LogP contribution in [0.3, 0.4) is 0 Å². The van der Waals surface area contributed by atoms with Gasteiger partial charge in [-0.25, -0.2) is 4.79 Å². The molecule has 5 nitrogen and oxygen atoms in total. The summed E-state index contributed by atoms with van der Waals surface area (Å²) in [5.74, 6) is 0.544. The average Bonchev–Trinajstić information content (AvgIpc) is 2.69. The largest absolute Gasteiger partial charge is 0.324 e. The SMILES string of the molecule is CCc1ccc(NC(=O)Nc2cc(C)n(C)n2)cc1. The number of carbonyl (C=O) groups is 1. The van der Waals surface area contributed by atoms with Crippen LogP contribution in [0, 0.1) is 6.92 Å². The molecule has 2 N–H and O–H groups in total. The minimum absolute atomic E-state index is 0.289. The molecule has 0 radical (unpaired) electrons. The second-order valence-corrected chi connectivity index (χ2v) is 4.42. The molecule has 100 valence electrons. The number of aromatic nitrogens is 2. The summed E-state index contributed by atoms with van der Waals surface area (Å²) in [7, 11) is 1.84. The topological polar surface area (TPSA) is 59.0 Å². The van der Waals surface area contributed by atoms with Gasteiger partial charge < -0.3 is 5.32 Å². The van der Waals surface area contributed by atoms with Crippen LogP contribution in [0.25, 0.3) is 0 Å². The van der Waals surface area contributed by atoms with Crippen LogP contribution >= 0.6 is 0 Å². The summed E-state index contributed by atoms with van der Waals surface area (Å²) in [6, 6.07) is 9.31. The normalized spacial score (nSPS) is 10.3. The summed E-state index contributed by atoms with van der Waals surface area (Å²) in [6.07, 6.45) is 0.986.